The van der Waals surface area contributed by atoms with Crippen LogP contribution in [0.25, 0.3) is 0 Å². The molecule has 0 aromatic rings. The third-order valence-corrected chi connectivity index (χ3v) is 7.33. The van der Waals surface area contributed by atoms with Crippen LogP contribution in [-0.2, 0) is 9.84 Å². The van der Waals surface area contributed by atoms with E-state index in [0.717, 1.165) is 44.3 Å². The Morgan fingerprint density at radius 2 is 1.75 bits per heavy atom. The highest BCUT2D eigenvalue weighted by molar-refractivity contribution is 7.91. The number of hydrogen-bond acceptors (Lipinski definition) is 4. The molecule has 5 heteroatoms. The van der Waals surface area contributed by atoms with Gasteiger partial charge in [0.2, 0.25) is 0 Å². The zero-order valence-electron chi connectivity index (χ0n) is 12.6. The van der Waals surface area contributed by atoms with Crippen molar-refractivity contribution >= 4 is 9.84 Å². The number of hydrogen-bond donors (Lipinski definition) is 1. The Hall–Kier alpha value is -0.130. The van der Waals surface area contributed by atoms with Crippen LogP contribution in [0.15, 0.2) is 0 Å². The first-order valence-corrected chi connectivity index (χ1v) is 10.2. The SMILES string of the molecule is CS(=O)(=O)C1CCCC1N1CCC(C2CCCN2)CC1. The summed E-state index contributed by atoms with van der Waals surface area (Å²) in [4.78, 5) is 2.48. The van der Waals surface area contributed by atoms with Crippen molar-refractivity contribution in [2.24, 2.45) is 5.92 Å². The summed E-state index contributed by atoms with van der Waals surface area (Å²) in [6, 6.07) is 1.02. The first kappa shape index (κ1) is 14.8. The van der Waals surface area contributed by atoms with E-state index in [2.05, 4.69) is 10.2 Å². The van der Waals surface area contributed by atoms with Gasteiger partial charge in [-0.1, -0.05) is 6.42 Å². The third kappa shape index (κ3) is 3.04. The molecule has 3 rings (SSSR count). The maximum Gasteiger partial charge on any atom is 0.151 e. The van der Waals surface area contributed by atoms with E-state index in [4.69, 9.17) is 0 Å². The van der Waals surface area contributed by atoms with Crippen LogP contribution in [0.2, 0.25) is 0 Å². The van der Waals surface area contributed by atoms with Crippen molar-refractivity contribution in [3.63, 3.8) is 0 Å². The minimum atomic E-state index is -2.88. The van der Waals surface area contributed by atoms with Gasteiger partial charge in [-0.3, -0.25) is 4.90 Å². The zero-order chi connectivity index (χ0) is 14.2. The molecule has 0 radical (unpaired) electrons. The van der Waals surface area contributed by atoms with Crippen LogP contribution in [0.4, 0.5) is 0 Å². The molecule has 2 heterocycles. The van der Waals surface area contributed by atoms with Crippen molar-refractivity contribution in [1.29, 1.82) is 0 Å². The first-order chi connectivity index (χ1) is 9.55. The molecule has 2 aliphatic heterocycles. The molecular weight excluding hydrogens is 272 g/mol. The Kier molecular flexibility index (Phi) is 4.39. The maximum absolute atomic E-state index is 11.9. The van der Waals surface area contributed by atoms with Crippen LogP contribution in [-0.4, -0.2) is 56.5 Å². The Balaban J connectivity index is 1.57. The summed E-state index contributed by atoms with van der Waals surface area (Å²) < 4.78 is 23.8. The summed E-state index contributed by atoms with van der Waals surface area (Å²) in [5.74, 6) is 0.812. The second kappa shape index (κ2) is 5.93. The predicted octanol–water partition coefficient (Wildman–Crippen LogP) is 1.42. The summed E-state index contributed by atoms with van der Waals surface area (Å²) in [6.07, 6.45) is 9.58. The van der Waals surface area contributed by atoms with Gasteiger partial charge in [-0.25, -0.2) is 8.42 Å². The van der Waals surface area contributed by atoms with Crippen molar-refractivity contribution in [2.75, 3.05) is 25.9 Å². The molecule has 1 N–H and O–H groups in total. The molecule has 0 aromatic carbocycles. The van der Waals surface area contributed by atoms with Crippen molar-refractivity contribution < 1.29 is 8.42 Å². The highest BCUT2D eigenvalue weighted by Crippen LogP contribution is 2.33. The smallest absolute Gasteiger partial charge is 0.151 e. The Labute approximate surface area is 123 Å². The molecule has 4 nitrogen and oxygen atoms in total. The van der Waals surface area contributed by atoms with Crippen LogP contribution < -0.4 is 5.32 Å². The lowest BCUT2D eigenvalue weighted by Gasteiger charge is -2.39. The van der Waals surface area contributed by atoms with Gasteiger partial charge in [-0.2, -0.15) is 0 Å². The topological polar surface area (TPSA) is 49.4 Å². The minimum absolute atomic E-state index is 0.108. The first-order valence-electron chi connectivity index (χ1n) is 8.22. The predicted molar refractivity (Wildman–Crippen MR) is 81.6 cm³/mol. The molecule has 0 aromatic heterocycles. The highest BCUT2D eigenvalue weighted by atomic mass is 32.2. The molecular formula is C15H28N2O2S. The quantitative estimate of drug-likeness (QED) is 0.856. The molecule has 3 unspecified atom stereocenters. The lowest BCUT2D eigenvalue weighted by Crippen LogP contribution is -2.49. The van der Waals surface area contributed by atoms with Crippen LogP contribution in [0, 0.1) is 5.92 Å². The fourth-order valence-electron chi connectivity index (χ4n) is 4.59. The fraction of sp³-hybridized carbons (Fsp3) is 1.00. The van der Waals surface area contributed by atoms with E-state index in [1.165, 1.54) is 38.5 Å². The van der Waals surface area contributed by atoms with Gasteiger partial charge in [0.25, 0.3) is 0 Å². The second-order valence-electron chi connectivity index (χ2n) is 6.94. The van der Waals surface area contributed by atoms with E-state index in [1.54, 1.807) is 0 Å². The van der Waals surface area contributed by atoms with Crippen molar-refractivity contribution in [3.8, 4) is 0 Å². The average Bonchev–Trinajstić information content (AvgIpc) is 3.10. The van der Waals surface area contributed by atoms with E-state index in [-0.39, 0.29) is 5.25 Å². The van der Waals surface area contributed by atoms with Gasteiger partial charge in [-0.05, 0) is 64.1 Å². The third-order valence-electron chi connectivity index (χ3n) is 5.68. The maximum atomic E-state index is 11.9. The largest absolute Gasteiger partial charge is 0.314 e. The average molecular weight is 300 g/mol. The number of likely N-dealkylation sites (tertiary alicyclic amines) is 1. The number of nitrogens with one attached hydrogen (secondary N) is 1. The van der Waals surface area contributed by atoms with Crippen molar-refractivity contribution in [2.45, 2.75) is 62.3 Å². The lowest BCUT2D eigenvalue weighted by molar-refractivity contribution is 0.122. The lowest BCUT2D eigenvalue weighted by atomic mass is 9.88. The molecule has 20 heavy (non-hydrogen) atoms. The molecule has 0 bridgehead atoms. The van der Waals surface area contributed by atoms with Gasteiger partial charge < -0.3 is 5.32 Å². The number of nitrogens with zero attached hydrogens (tertiary/aromatic N) is 1. The molecule has 3 atom stereocenters. The molecule has 3 fully saturated rings. The number of piperidine rings is 1. The minimum Gasteiger partial charge on any atom is -0.314 e. The van der Waals surface area contributed by atoms with E-state index >= 15 is 0 Å². The van der Waals surface area contributed by atoms with E-state index in [0.29, 0.717) is 6.04 Å². The van der Waals surface area contributed by atoms with Gasteiger partial charge in [0.05, 0.1) is 5.25 Å². The summed E-state index contributed by atoms with van der Waals surface area (Å²) in [6.45, 7) is 3.38. The van der Waals surface area contributed by atoms with Crippen LogP contribution >= 0.6 is 0 Å². The Bertz CT molecular complexity index is 423. The fourth-order valence-corrected chi connectivity index (χ4v) is 6.06. The van der Waals surface area contributed by atoms with E-state index in [1.807, 2.05) is 0 Å². The Morgan fingerprint density at radius 3 is 2.35 bits per heavy atom. The standard InChI is InChI=1S/C15H28N2O2S/c1-20(18,19)15-6-2-5-14(15)17-10-7-12(8-11-17)13-4-3-9-16-13/h12-16H,2-11H2,1H3. The summed E-state index contributed by atoms with van der Waals surface area (Å²) >= 11 is 0. The monoisotopic (exact) mass is 300 g/mol. The van der Waals surface area contributed by atoms with E-state index < -0.39 is 9.84 Å². The van der Waals surface area contributed by atoms with E-state index in [9.17, 15) is 8.42 Å². The van der Waals surface area contributed by atoms with Crippen molar-refractivity contribution in [1.82, 2.24) is 10.2 Å². The Morgan fingerprint density at radius 1 is 1.00 bits per heavy atom. The summed E-state index contributed by atoms with van der Waals surface area (Å²) in [7, 11) is -2.88. The van der Waals surface area contributed by atoms with Crippen LogP contribution in [0.5, 0.6) is 0 Å². The summed E-state index contributed by atoms with van der Waals surface area (Å²) in [5.41, 5.74) is 0. The molecule has 0 spiro atoms. The molecule has 3 aliphatic rings. The highest BCUT2D eigenvalue weighted by Gasteiger charge is 2.40. The molecule has 0 amide bonds. The molecule has 1 aliphatic carbocycles. The molecule has 116 valence electrons. The van der Waals surface area contributed by atoms with Gasteiger partial charge in [-0.15, -0.1) is 0 Å². The molecule has 2 saturated heterocycles. The normalized spacial score (nSPS) is 37.5. The summed E-state index contributed by atoms with van der Waals surface area (Å²) in [5, 5.41) is 3.52. The van der Waals surface area contributed by atoms with Crippen LogP contribution in [0.1, 0.15) is 44.9 Å². The zero-order valence-corrected chi connectivity index (χ0v) is 13.4. The van der Waals surface area contributed by atoms with Gasteiger partial charge >= 0.3 is 0 Å². The van der Waals surface area contributed by atoms with Gasteiger partial charge in [0.15, 0.2) is 9.84 Å². The van der Waals surface area contributed by atoms with Crippen LogP contribution in [0.3, 0.4) is 0 Å². The number of sulfone groups is 1. The van der Waals surface area contributed by atoms with Gasteiger partial charge in [0, 0.05) is 18.3 Å². The van der Waals surface area contributed by atoms with Crippen molar-refractivity contribution in [3.05, 3.63) is 0 Å². The second-order valence-corrected chi connectivity index (χ2v) is 9.21. The number of rotatable bonds is 3. The molecule has 1 saturated carbocycles. The van der Waals surface area contributed by atoms with Gasteiger partial charge in [0.1, 0.15) is 0 Å².